The molecular formula is C21H19ClN2O2S. The molecule has 27 heavy (non-hydrogen) atoms. The average Bonchev–Trinajstić information content (AvgIpc) is 2.84. The second kappa shape index (κ2) is 7.41. The van der Waals surface area contributed by atoms with Crippen molar-refractivity contribution in [3.05, 3.63) is 59.2 Å². The van der Waals surface area contributed by atoms with E-state index in [1.54, 1.807) is 29.8 Å². The lowest BCUT2D eigenvalue weighted by Gasteiger charge is -2.22. The highest BCUT2D eigenvalue weighted by Crippen LogP contribution is 2.39. The van der Waals surface area contributed by atoms with Gasteiger partial charge in [0.15, 0.2) is 0 Å². The molecule has 1 aliphatic heterocycles. The molecule has 0 radical (unpaired) electrons. The topological polar surface area (TPSA) is 42.4 Å². The van der Waals surface area contributed by atoms with Crippen molar-refractivity contribution in [1.29, 1.82) is 0 Å². The molecule has 4 rings (SSSR count). The minimum atomic E-state index is -0.106. The van der Waals surface area contributed by atoms with Crippen LogP contribution in [-0.2, 0) is 0 Å². The Morgan fingerprint density at radius 3 is 2.89 bits per heavy atom. The van der Waals surface area contributed by atoms with Crippen molar-refractivity contribution in [1.82, 2.24) is 4.98 Å². The van der Waals surface area contributed by atoms with E-state index in [1.807, 2.05) is 42.5 Å². The van der Waals surface area contributed by atoms with Crippen molar-refractivity contribution in [3.63, 3.8) is 0 Å². The van der Waals surface area contributed by atoms with Gasteiger partial charge in [0.2, 0.25) is 0 Å². The molecule has 0 N–H and O–H groups in total. The molecule has 1 atom stereocenters. The normalized spacial score (nSPS) is 16.7. The number of fused-ring (bicyclic) bond motifs is 2. The third-order valence-electron chi connectivity index (χ3n) is 4.66. The minimum Gasteiger partial charge on any atom is -0.497 e. The predicted octanol–water partition coefficient (Wildman–Crippen LogP) is 5.43. The molecule has 1 aliphatic rings. The second-order valence-corrected chi connectivity index (χ2v) is 8.46. The third kappa shape index (κ3) is 3.62. The molecule has 1 aromatic heterocycles. The minimum absolute atomic E-state index is 0.106. The van der Waals surface area contributed by atoms with Crippen LogP contribution >= 0.6 is 23.4 Å². The molecule has 2 heterocycles. The molecule has 1 amide bonds. The number of anilines is 1. The third-order valence-corrected chi connectivity index (χ3v) is 6.13. The Hall–Kier alpha value is -2.24. The van der Waals surface area contributed by atoms with Crippen molar-refractivity contribution >= 4 is 45.9 Å². The number of rotatable bonds is 2. The number of pyridine rings is 1. The Balaban J connectivity index is 1.74. The zero-order valence-corrected chi connectivity index (χ0v) is 16.7. The molecule has 3 aromatic rings. The number of carbonyl (C=O) groups is 1. The molecule has 0 aliphatic carbocycles. The Bertz CT molecular complexity index is 1020. The second-order valence-electron chi connectivity index (χ2n) is 6.54. The highest BCUT2D eigenvalue weighted by Gasteiger charge is 2.26. The molecule has 6 heteroatoms. The number of carbonyl (C=O) groups excluding carboxylic acids is 1. The van der Waals surface area contributed by atoms with Crippen LogP contribution in [0.1, 0.15) is 23.8 Å². The zero-order chi connectivity index (χ0) is 19.0. The summed E-state index contributed by atoms with van der Waals surface area (Å²) in [6, 6.07) is 15.0. The first-order valence-electron chi connectivity index (χ1n) is 8.78. The van der Waals surface area contributed by atoms with Gasteiger partial charge in [0, 0.05) is 27.1 Å². The van der Waals surface area contributed by atoms with Gasteiger partial charge in [0.05, 0.1) is 18.3 Å². The summed E-state index contributed by atoms with van der Waals surface area (Å²) >= 11 is 7.99. The van der Waals surface area contributed by atoms with Gasteiger partial charge in [0.1, 0.15) is 11.4 Å². The standard InChI is InChI=1S/C21H19ClN2O2S/c1-13-9-10-24(19-12-15(22)4-8-20(19)27-13)21(25)18-6-3-14-11-16(26-2)5-7-17(14)23-18/h3-8,11-13H,9-10H2,1-2H3. The molecule has 4 nitrogen and oxygen atoms in total. The van der Waals surface area contributed by atoms with Crippen molar-refractivity contribution in [3.8, 4) is 5.75 Å². The van der Waals surface area contributed by atoms with Gasteiger partial charge >= 0.3 is 0 Å². The SMILES string of the molecule is COc1ccc2nc(C(=O)N3CCC(C)Sc4ccc(Cl)cc43)ccc2c1. The van der Waals surface area contributed by atoms with Crippen molar-refractivity contribution in [2.45, 2.75) is 23.5 Å². The van der Waals surface area contributed by atoms with Crippen LogP contribution in [0.2, 0.25) is 5.02 Å². The van der Waals surface area contributed by atoms with E-state index in [2.05, 4.69) is 11.9 Å². The van der Waals surface area contributed by atoms with Crippen molar-refractivity contribution < 1.29 is 9.53 Å². The van der Waals surface area contributed by atoms with Crippen LogP contribution in [-0.4, -0.2) is 29.8 Å². The monoisotopic (exact) mass is 398 g/mol. The number of benzene rings is 2. The maximum absolute atomic E-state index is 13.3. The zero-order valence-electron chi connectivity index (χ0n) is 15.1. The number of nitrogens with zero attached hydrogens (tertiary/aromatic N) is 2. The van der Waals surface area contributed by atoms with E-state index in [0.717, 1.165) is 33.7 Å². The summed E-state index contributed by atoms with van der Waals surface area (Å²) < 4.78 is 5.25. The lowest BCUT2D eigenvalue weighted by atomic mass is 10.1. The number of hydrogen-bond donors (Lipinski definition) is 0. The van der Waals surface area contributed by atoms with Crippen LogP contribution in [0.3, 0.4) is 0 Å². The van der Waals surface area contributed by atoms with Crippen LogP contribution in [0.25, 0.3) is 10.9 Å². The fourth-order valence-corrected chi connectivity index (χ4v) is 4.47. The van der Waals surface area contributed by atoms with Gasteiger partial charge in [-0.15, -0.1) is 11.8 Å². The summed E-state index contributed by atoms with van der Waals surface area (Å²) in [4.78, 5) is 20.7. The Kier molecular flexibility index (Phi) is 4.98. The molecule has 0 spiro atoms. The first kappa shape index (κ1) is 18.1. The number of ether oxygens (including phenoxy) is 1. The molecule has 0 saturated heterocycles. The predicted molar refractivity (Wildman–Crippen MR) is 111 cm³/mol. The first-order chi connectivity index (χ1) is 13.0. The van der Waals surface area contributed by atoms with E-state index in [-0.39, 0.29) is 5.91 Å². The first-order valence-corrected chi connectivity index (χ1v) is 10.0. The number of thioether (sulfide) groups is 1. The van der Waals surface area contributed by atoms with Gasteiger partial charge in [-0.2, -0.15) is 0 Å². The smallest absolute Gasteiger partial charge is 0.276 e. The fraction of sp³-hybridized carbons (Fsp3) is 0.238. The lowest BCUT2D eigenvalue weighted by Crippen LogP contribution is -2.32. The van der Waals surface area contributed by atoms with E-state index >= 15 is 0 Å². The summed E-state index contributed by atoms with van der Waals surface area (Å²) in [6.07, 6.45) is 0.910. The molecule has 138 valence electrons. The van der Waals surface area contributed by atoms with Gasteiger partial charge in [-0.3, -0.25) is 4.79 Å². The van der Waals surface area contributed by atoms with Gasteiger partial charge in [-0.05, 0) is 48.9 Å². The van der Waals surface area contributed by atoms with E-state index in [0.29, 0.717) is 22.5 Å². The van der Waals surface area contributed by atoms with E-state index < -0.39 is 0 Å². The average molecular weight is 399 g/mol. The molecule has 0 fully saturated rings. The Morgan fingerprint density at radius 2 is 2.07 bits per heavy atom. The molecular weight excluding hydrogens is 380 g/mol. The van der Waals surface area contributed by atoms with Crippen molar-refractivity contribution in [2.75, 3.05) is 18.6 Å². The van der Waals surface area contributed by atoms with Crippen LogP contribution in [0.15, 0.2) is 53.4 Å². The molecule has 1 unspecified atom stereocenters. The summed E-state index contributed by atoms with van der Waals surface area (Å²) in [5.74, 6) is 0.663. The van der Waals surface area contributed by atoms with Crippen LogP contribution in [0, 0.1) is 0 Å². The quantitative estimate of drug-likeness (QED) is 0.577. The molecule has 2 aromatic carbocycles. The van der Waals surface area contributed by atoms with Gasteiger partial charge in [-0.25, -0.2) is 4.98 Å². The van der Waals surface area contributed by atoms with Crippen LogP contribution < -0.4 is 9.64 Å². The molecule has 0 saturated carbocycles. The number of amides is 1. The summed E-state index contributed by atoms with van der Waals surface area (Å²) in [7, 11) is 1.63. The number of halogens is 1. The van der Waals surface area contributed by atoms with Gasteiger partial charge in [0.25, 0.3) is 5.91 Å². The number of aromatic nitrogens is 1. The molecule has 0 bridgehead atoms. The summed E-state index contributed by atoms with van der Waals surface area (Å²) in [6.45, 7) is 2.82. The summed E-state index contributed by atoms with van der Waals surface area (Å²) in [5, 5.41) is 1.99. The van der Waals surface area contributed by atoms with Crippen molar-refractivity contribution in [2.24, 2.45) is 0 Å². The number of hydrogen-bond acceptors (Lipinski definition) is 4. The van der Waals surface area contributed by atoms with Gasteiger partial charge in [-0.1, -0.05) is 24.6 Å². The summed E-state index contributed by atoms with van der Waals surface area (Å²) in [5.41, 5.74) is 2.06. The number of methoxy groups -OCH3 is 1. The fourth-order valence-electron chi connectivity index (χ4n) is 3.21. The van der Waals surface area contributed by atoms with E-state index in [4.69, 9.17) is 16.3 Å². The lowest BCUT2D eigenvalue weighted by molar-refractivity contribution is 0.0982. The van der Waals surface area contributed by atoms with E-state index in [9.17, 15) is 4.79 Å². The largest absolute Gasteiger partial charge is 0.497 e. The maximum Gasteiger partial charge on any atom is 0.276 e. The van der Waals surface area contributed by atoms with Crippen LogP contribution in [0.4, 0.5) is 5.69 Å². The Labute approximate surface area is 167 Å². The highest BCUT2D eigenvalue weighted by molar-refractivity contribution is 8.00. The Morgan fingerprint density at radius 1 is 1.22 bits per heavy atom. The van der Waals surface area contributed by atoms with Gasteiger partial charge < -0.3 is 9.64 Å². The highest BCUT2D eigenvalue weighted by atomic mass is 35.5. The maximum atomic E-state index is 13.3. The van der Waals surface area contributed by atoms with E-state index in [1.165, 1.54) is 0 Å². The van der Waals surface area contributed by atoms with Crippen LogP contribution in [0.5, 0.6) is 5.75 Å².